The molecular weight excluding hydrogens is 302 g/mol. The van der Waals surface area contributed by atoms with E-state index in [0.29, 0.717) is 5.15 Å². The molecule has 2 aromatic rings. The fraction of sp³-hybridized carbons (Fsp3) is 0.625. The van der Waals surface area contributed by atoms with Crippen LogP contribution in [0.2, 0.25) is 5.15 Å². The molecule has 3 nitrogen and oxygen atoms in total. The molecule has 21 heavy (non-hydrogen) atoms. The van der Waals surface area contributed by atoms with Gasteiger partial charge in [-0.1, -0.05) is 31.4 Å². The maximum Gasteiger partial charge on any atom is 0.227 e. The molecule has 0 bridgehead atoms. The van der Waals surface area contributed by atoms with E-state index >= 15 is 0 Å². The van der Waals surface area contributed by atoms with E-state index in [2.05, 4.69) is 16.8 Å². The summed E-state index contributed by atoms with van der Waals surface area (Å²) < 4.78 is 0. The molecule has 5 heteroatoms. The standard InChI is InChI=1S/C16H22ClN3S/c1-3-4-10-20(2)16-18-14(17)13-11-8-6-5-7-9-12(11)21-15(13)19-16/h3-10H2,1-2H3. The Morgan fingerprint density at radius 1 is 1.19 bits per heavy atom. The molecule has 2 aromatic heterocycles. The Balaban J connectivity index is 2.01. The third kappa shape index (κ3) is 3.02. The highest BCUT2D eigenvalue weighted by molar-refractivity contribution is 7.19. The number of nitrogens with zero attached hydrogens (tertiary/aromatic N) is 3. The van der Waals surface area contributed by atoms with Crippen LogP contribution in [-0.4, -0.2) is 23.6 Å². The predicted octanol–water partition coefficient (Wildman–Crippen LogP) is 4.85. The van der Waals surface area contributed by atoms with Crippen molar-refractivity contribution in [2.45, 2.75) is 51.9 Å². The summed E-state index contributed by atoms with van der Waals surface area (Å²) in [5, 5.41) is 1.75. The summed E-state index contributed by atoms with van der Waals surface area (Å²) in [4.78, 5) is 14.0. The Bertz CT molecular complexity index is 638. The highest BCUT2D eigenvalue weighted by Gasteiger charge is 2.20. The van der Waals surface area contributed by atoms with Gasteiger partial charge < -0.3 is 4.90 Å². The van der Waals surface area contributed by atoms with Crippen LogP contribution in [0.4, 0.5) is 5.95 Å². The molecule has 1 aliphatic rings. The first-order valence-corrected chi connectivity index (χ1v) is 9.09. The first-order chi connectivity index (χ1) is 10.2. The van der Waals surface area contributed by atoms with E-state index in [1.807, 2.05) is 18.4 Å². The second kappa shape index (κ2) is 6.49. The summed E-state index contributed by atoms with van der Waals surface area (Å²) in [5.74, 6) is 0.761. The second-order valence-corrected chi connectivity index (χ2v) is 7.28. The number of hydrogen-bond donors (Lipinski definition) is 0. The number of halogens is 1. The molecule has 0 radical (unpaired) electrons. The Morgan fingerprint density at radius 2 is 2.00 bits per heavy atom. The molecule has 1 aliphatic carbocycles. The maximum absolute atomic E-state index is 6.50. The number of fused-ring (bicyclic) bond motifs is 3. The van der Waals surface area contributed by atoms with Crippen LogP contribution in [0.5, 0.6) is 0 Å². The Labute approximate surface area is 135 Å². The lowest BCUT2D eigenvalue weighted by atomic mass is 10.1. The highest BCUT2D eigenvalue weighted by Crippen LogP contribution is 2.38. The fourth-order valence-electron chi connectivity index (χ4n) is 2.95. The minimum absolute atomic E-state index is 0.637. The maximum atomic E-state index is 6.50. The van der Waals surface area contributed by atoms with Gasteiger partial charge in [-0.25, -0.2) is 9.97 Å². The molecule has 0 fully saturated rings. The minimum Gasteiger partial charge on any atom is -0.344 e. The lowest BCUT2D eigenvalue weighted by Gasteiger charge is -2.16. The molecule has 114 valence electrons. The van der Waals surface area contributed by atoms with Crippen molar-refractivity contribution in [2.24, 2.45) is 0 Å². The Hall–Kier alpha value is -0.870. The lowest BCUT2D eigenvalue weighted by molar-refractivity contribution is 0.713. The molecule has 0 spiro atoms. The van der Waals surface area contributed by atoms with Crippen LogP contribution in [0.15, 0.2) is 0 Å². The average Bonchev–Trinajstić information content (AvgIpc) is 2.67. The molecule has 2 heterocycles. The van der Waals surface area contributed by atoms with Crippen molar-refractivity contribution < 1.29 is 0 Å². The minimum atomic E-state index is 0.637. The monoisotopic (exact) mass is 323 g/mol. The molecule has 0 unspecified atom stereocenters. The zero-order valence-electron chi connectivity index (χ0n) is 12.8. The van der Waals surface area contributed by atoms with Gasteiger partial charge in [-0.3, -0.25) is 0 Å². The summed E-state index contributed by atoms with van der Waals surface area (Å²) >= 11 is 8.32. The van der Waals surface area contributed by atoms with Crippen LogP contribution < -0.4 is 4.90 Å². The van der Waals surface area contributed by atoms with E-state index in [1.54, 1.807) is 0 Å². The van der Waals surface area contributed by atoms with Gasteiger partial charge in [0.15, 0.2) is 0 Å². The summed E-state index contributed by atoms with van der Waals surface area (Å²) in [7, 11) is 2.05. The van der Waals surface area contributed by atoms with Gasteiger partial charge in [0.1, 0.15) is 9.98 Å². The molecule has 3 rings (SSSR count). The van der Waals surface area contributed by atoms with Crippen LogP contribution in [-0.2, 0) is 12.8 Å². The first-order valence-electron chi connectivity index (χ1n) is 7.89. The summed E-state index contributed by atoms with van der Waals surface area (Å²) in [5.41, 5.74) is 1.42. The third-order valence-corrected chi connectivity index (χ3v) is 5.66. The van der Waals surface area contributed by atoms with E-state index in [9.17, 15) is 0 Å². The number of hydrogen-bond acceptors (Lipinski definition) is 4. The highest BCUT2D eigenvalue weighted by atomic mass is 35.5. The topological polar surface area (TPSA) is 29.0 Å². The molecule has 0 amide bonds. The summed E-state index contributed by atoms with van der Waals surface area (Å²) in [6.07, 6.45) is 8.49. The van der Waals surface area contributed by atoms with Gasteiger partial charge in [0.25, 0.3) is 0 Å². The van der Waals surface area contributed by atoms with Gasteiger partial charge >= 0.3 is 0 Å². The number of aryl methyl sites for hydroxylation is 2. The van der Waals surface area contributed by atoms with Crippen LogP contribution in [0.3, 0.4) is 0 Å². The van der Waals surface area contributed by atoms with Gasteiger partial charge in [-0.2, -0.15) is 0 Å². The molecule has 0 saturated heterocycles. The van der Waals surface area contributed by atoms with Crippen molar-refractivity contribution in [3.8, 4) is 0 Å². The number of rotatable bonds is 4. The molecule has 0 saturated carbocycles. The van der Waals surface area contributed by atoms with Crippen LogP contribution >= 0.6 is 22.9 Å². The second-order valence-electron chi connectivity index (χ2n) is 5.83. The smallest absolute Gasteiger partial charge is 0.227 e. The quantitative estimate of drug-likeness (QED) is 0.595. The Kier molecular flexibility index (Phi) is 4.65. The molecular formula is C16H22ClN3S. The zero-order valence-corrected chi connectivity index (χ0v) is 14.4. The van der Waals surface area contributed by atoms with Crippen molar-refractivity contribution >= 4 is 39.1 Å². The van der Waals surface area contributed by atoms with Crippen molar-refractivity contribution in [1.82, 2.24) is 9.97 Å². The number of anilines is 1. The number of thiophene rings is 1. The zero-order chi connectivity index (χ0) is 14.8. The third-order valence-electron chi connectivity index (χ3n) is 4.20. The van der Waals surface area contributed by atoms with Gasteiger partial charge in [-0.05, 0) is 37.7 Å². The lowest BCUT2D eigenvalue weighted by Crippen LogP contribution is -2.20. The normalized spacial score (nSPS) is 15.0. The molecule has 0 atom stereocenters. The van der Waals surface area contributed by atoms with E-state index in [-0.39, 0.29) is 0 Å². The fourth-order valence-corrected chi connectivity index (χ4v) is 4.54. The van der Waals surface area contributed by atoms with Crippen molar-refractivity contribution in [2.75, 3.05) is 18.5 Å². The van der Waals surface area contributed by atoms with Crippen molar-refractivity contribution in [3.63, 3.8) is 0 Å². The van der Waals surface area contributed by atoms with E-state index in [1.165, 1.54) is 42.5 Å². The average molecular weight is 324 g/mol. The van der Waals surface area contributed by atoms with E-state index in [0.717, 1.165) is 35.6 Å². The van der Waals surface area contributed by atoms with Crippen LogP contribution in [0, 0.1) is 0 Å². The van der Waals surface area contributed by atoms with Crippen molar-refractivity contribution in [1.29, 1.82) is 0 Å². The van der Waals surface area contributed by atoms with Gasteiger partial charge in [-0.15, -0.1) is 11.3 Å². The van der Waals surface area contributed by atoms with Gasteiger partial charge in [0.05, 0.1) is 5.39 Å². The van der Waals surface area contributed by atoms with Gasteiger partial charge in [0, 0.05) is 18.5 Å². The summed E-state index contributed by atoms with van der Waals surface area (Å²) in [6.45, 7) is 3.17. The van der Waals surface area contributed by atoms with E-state index in [4.69, 9.17) is 16.6 Å². The van der Waals surface area contributed by atoms with Crippen molar-refractivity contribution in [3.05, 3.63) is 15.6 Å². The summed E-state index contributed by atoms with van der Waals surface area (Å²) in [6, 6.07) is 0. The Morgan fingerprint density at radius 3 is 2.81 bits per heavy atom. The molecule has 0 N–H and O–H groups in total. The number of aromatic nitrogens is 2. The van der Waals surface area contributed by atoms with E-state index < -0.39 is 0 Å². The SMILES string of the molecule is CCCCN(C)c1nc(Cl)c2c3c(sc2n1)CCCCC3. The first kappa shape index (κ1) is 15.0. The number of unbranched alkanes of at least 4 members (excludes halogenated alkanes) is 1. The largest absolute Gasteiger partial charge is 0.344 e. The predicted molar refractivity (Wildman–Crippen MR) is 91.9 cm³/mol. The van der Waals surface area contributed by atoms with Crippen LogP contribution in [0.1, 0.15) is 49.5 Å². The van der Waals surface area contributed by atoms with Gasteiger partial charge in [0.2, 0.25) is 5.95 Å². The van der Waals surface area contributed by atoms with Crippen LogP contribution in [0.25, 0.3) is 10.2 Å². The molecule has 0 aliphatic heterocycles. The molecule has 0 aromatic carbocycles.